The lowest BCUT2D eigenvalue weighted by Gasteiger charge is -2.19. The summed E-state index contributed by atoms with van der Waals surface area (Å²) in [6, 6.07) is 2.97. The minimum atomic E-state index is -1.58. The zero-order valence-electron chi connectivity index (χ0n) is 11.0. The number of ether oxygens (including phenoxy) is 2. The number of Topliss-reactive ketones (excluding diaryl/α,β-unsaturated/α-hetero) is 1. The van der Waals surface area contributed by atoms with E-state index in [9.17, 15) is 9.18 Å². The second kappa shape index (κ2) is 5.35. The van der Waals surface area contributed by atoms with E-state index in [0.29, 0.717) is 11.3 Å². The van der Waals surface area contributed by atoms with E-state index in [1.165, 1.54) is 40.2 Å². The number of rotatable bonds is 5. The number of hydrogen-bond donors (Lipinski definition) is 1. The Morgan fingerprint density at radius 3 is 2.33 bits per heavy atom. The summed E-state index contributed by atoms with van der Waals surface area (Å²) in [5, 5.41) is 0. The van der Waals surface area contributed by atoms with Gasteiger partial charge in [0, 0.05) is 0 Å². The fraction of sp³-hybridized carbons (Fsp3) is 0.462. The molecule has 0 unspecified atom stereocenters. The number of benzene rings is 1. The Labute approximate surface area is 106 Å². The molecule has 18 heavy (non-hydrogen) atoms. The van der Waals surface area contributed by atoms with Crippen molar-refractivity contribution < 1.29 is 18.7 Å². The van der Waals surface area contributed by atoms with Gasteiger partial charge < -0.3 is 15.2 Å². The first-order chi connectivity index (χ1) is 8.35. The van der Waals surface area contributed by atoms with E-state index in [4.69, 9.17) is 15.2 Å². The first-order valence-electron chi connectivity index (χ1n) is 5.53. The number of halogens is 1. The van der Waals surface area contributed by atoms with Crippen LogP contribution in [0, 0.1) is 0 Å². The third kappa shape index (κ3) is 2.79. The highest BCUT2D eigenvalue weighted by molar-refractivity contribution is 6.01. The smallest absolute Gasteiger partial charge is 0.180 e. The van der Waals surface area contributed by atoms with Crippen LogP contribution in [0.5, 0.6) is 11.5 Å². The minimum absolute atomic E-state index is 0.171. The summed E-state index contributed by atoms with van der Waals surface area (Å²) in [6.07, 6.45) is 0. The molecule has 4 nitrogen and oxygen atoms in total. The van der Waals surface area contributed by atoms with Crippen LogP contribution in [0.4, 0.5) is 4.39 Å². The van der Waals surface area contributed by atoms with Crippen molar-refractivity contribution in [2.45, 2.75) is 19.5 Å². The molecule has 0 spiro atoms. The van der Waals surface area contributed by atoms with E-state index in [2.05, 4.69) is 0 Å². The van der Waals surface area contributed by atoms with Gasteiger partial charge in [-0.25, -0.2) is 4.39 Å². The fourth-order valence-electron chi connectivity index (χ4n) is 1.62. The molecule has 1 rings (SSSR count). The van der Waals surface area contributed by atoms with Gasteiger partial charge in [-0.15, -0.1) is 0 Å². The SMILES string of the molecule is COc1cc(C(C)(C)F)cc(C(=O)CN)c1OC. The summed E-state index contributed by atoms with van der Waals surface area (Å²) in [6.45, 7) is 2.64. The highest BCUT2D eigenvalue weighted by atomic mass is 19.1. The number of ketones is 1. The van der Waals surface area contributed by atoms with Crippen LogP contribution < -0.4 is 15.2 Å². The third-order valence-electron chi connectivity index (χ3n) is 2.65. The van der Waals surface area contributed by atoms with Gasteiger partial charge in [-0.1, -0.05) is 0 Å². The molecule has 0 aliphatic rings. The normalized spacial score (nSPS) is 11.2. The van der Waals surface area contributed by atoms with Crippen molar-refractivity contribution in [2.75, 3.05) is 20.8 Å². The number of carbonyl (C=O) groups excluding carboxylic acids is 1. The zero-order valence-corrected chi connectivity index (χ0v) is 11.0. The van der Waals surface area contributed by atoms with Gasteiger partial charge in [-0.3, -0.25) is 4.79 Å². The molecule has 0 aliphatic carbocycles. The lowest BCUT2D eigenvalue weighted by Crippen LogP contribution is -2.17. The van der Waals surface area contributed by atoms with Crippen LogP contribution in [-0.2, 0) is 5.67 Å². The van der Waals surface area contributed by atoms with Gasteiger partial charge in [0.2, 0.25) is 0 Å². The van der Waals surface area contributed by atoms with E-state index in [1.807, 2.05) is 0 Å². The van der Waals surface area contributed by atoms with E-state index in [0.717, 1.165) is 0 Å². The Morgan fingerprint density at radius 2 is 1.94 bits per heavy atom. The second-order valence-electron chi connectivity index (χ2n) is 4.36. The van der Waals surface area contributed by atoms with Crippen LogP contribution in [0.1, 0.15) is 29.8 Å². The molecule has 0 saturated carbocycles. The van der Waals surface area contributed by atoms with Gasteiger partial charge in [0.1, 0.15) is 5.67 Å². The Morgan fingerprint density at radius 1 is 1.33 bits per heavy atom. The molecule has 100 valence electrons. The lowest BCUT2D eigenvalue weighted by molar-refractivity contribution is 0.0997. The standard InChI is InChI=1S/C13H18FNO3/c1-13(2,14)8-5-9(10(16)7-15)12(18-4)11(6-8)17-3/h5-6H,7,15H2,1-4H3. The second-order valence-corrected chi connectivity index (χ2v) is 4.36. The molecule has 0 atom stereocenters. The molecular formula is C13H18FNO3. The van der Waals surface area contributed by atoms with Gasteiger partial charge in [-0.2, -0.15) is 0 Å². The predicted octanol–water partition coefficient (Wildman–Crippen LogP) is 2.05. The van der Waals surface area contributed by atoms with Crippen LogP contribution >= 0.6 is 0 Å². The molecule has 0 bridgehead atoms. The van der Waals surface area contributed by atoms with Crippen LogP contribution in [-0.4, -0.2) is 26.5 Å². The van der Waals surface area contributed by atoms with E-state index in [1.54, 1.807) is 0 Å². The molecule has 0 aromatic heterocycles. The molecule has 1 aromatic carbocycles. The molecule has 0 aliphatic heterocycles. The molecular weight excluding hydrogens is 237 g/mol. The predicted molar refractivity (Wildman–Crippen MR) is 67.1 cm³/mol. The van der Waals surface area contributed by atoms with E-state index >= 15 is 0 Å². The quantitative estimate of drug-likeness (QED) is 0.818. The molecule has 1 aromatic rings. The highest BCUT2D eigenvalue weighted by Gasteiger charge is 2.25. The van der Waals surface area contributed by atoms with Gasteiger partial charge >= 0.3 is 0 Å². The van der Waals surface area contributed by atoms with Crippen molar-refractivity contribution in [2.24, 2.45) is 5.73 Å². The largest absolute Gasteiger partial charge is 0.493 e. The first-order valence-corrected chi connectivity index (χ1v) is 5.53. The van der Waals surface area contributed by atoms with Crippen molar-refractivity contribution in [3.63, 3.8) is 0 Å². The van der Waals surface area contributed by atoms with Crippen LogP contribution in [0.3, 0.4) is 0 Å². The maximum Gasteiger partial charge on any atom is 0.180 e. The summed E-state index contributed by atoms with van der Waals surface area (Å²) in [5.41, 5.74) is 4.34. The van der Waals surface area contributed by atoms with Crippen molar-refractivity contribution in [3.05, 3.63) is 23.3 Å². The Hall–Kier alpha value is -1.62. The molecule has 2 N–H and O–H groups in total. The fourth-order valence-corrected chi connectivity index (χ4v) is 1.62. The Kier molecular flexibility index (Phi) is 4.29. The molecule has 0 fully saturated rings. The molecule has 0 radical (unpaired) electrons. The number of methoxy groups -OCH3 is 2. The minimum Gasteiger partial charge on any atom is -0.493 e. The molecule has 0 heterocycles. The summed E-state index contributed by atoms with van der Waals surface area (Å²) in [4.78, 5) is 11.8. The summed E-state index contributed by atoms with van der Waals surface area (Å²) < 4.78 is 24.2. The number of carbonyl (C=O) groups is 1. The topological polar surface area (TPSA) is 61.5 Å². The van der Waals surface area contributed by atoms with E-state index < -0.39 is 5.67 Å². The average Bonchev–Trinajstić information content (AvgIpc) is 2.34. The number of hydrogen-bond acceptors (Lipinski definition) is 4. The number of nitrogens with two attached hydrogens (primary N) is 1. The van der Waals surface area contributed by atoms with Crippen molar-refractivity contribution in [1.82, 2.24) is 0 Å². The van der Waals surface area contributed by atoms with Crippen LogP contribution in [0.25, 0.3) is 0 Å². The van der Waals surface area contributed by atoms with Crippen LogP contribution in [0.15, 0.2) is 12.1 Å². The monoisotopic (exact) mass is 255 g/mol. The van der Waals surface area contributed by atoms with E-state index in [-0.39, 0.29) is 23.6 Å². The summed E-state index contributed by atoms with van der Waals surface area (Å²) >= 11 is 0. The first kappa shape index (κ1) is 14.4. The van der Waals surface area contributed by atoms with Gasteiger partial charge in [-0.05, 0) is 31.5 Å². The maximum absolute atomic E-state index is 14.0. The molecule has 5 heteroatoms. The molecule has 0 saturated heterocycles. The number of alkyl halides is 1. The van der Waals surface area contributed by atoms with Crippen LogP contribution in [0.2, 0.25) is 0 Å². The lowest BCUT2D eigenvalue weighted by atomic mass is 9.95. The third-order valence-corrected chi connectivity index (χ3v) is 2.65. The summed E-state index contributed by atoms with van der Waals surface area (Å²) in [5.74, 6) is 0.273. The Balaban J connectivity index is 3.50. The van der Waals surface area contributed by atoms with Gasteiger partial charge in [0.15, 0.2) is 17.3 Å². The van der Waals surface area contributed by atoms with Crippen molar-refractivity contribution in [1.29, 1.82) is 0 Å². The average molecular weight is 255 g/mol. The Bertz CT molecular complexity index is 452. The highest BCUT2D eigenvalue weighted by Crippen LogP contribution is 2.37. The van der Waals surface area contributed by atoms with Crippen molar-refractivity contribution in [3.8, 4) is 11.5 Å². The van der Waals surface area contributed by atoms with Gasteiger partial charge in [0.05, 0.1) is 26.3 Å². The zero-order chi connectivity index (χ0) is 13.9. The van der Waals surface area contributed by atoms with Crippen molar-refractivity contribution >= 4 is 5.78 Å². The maximum atomic E-state index is 14.0. The summed E-state index contributed by atoms with van der Waals surface area (Å²) in [7, 11) is 2.86. The molecule has 0 amide bonds. The van der Waals surface area contributed by atoms with Gasteiger partial charge in [0.25, 0.3) is 0 Å².